The Balaban J connectivity index is 2.49. The predicted octanol–water partition coefficient (Wildman–Crippen LogP) is 3.18. The molecular weight excluding hydrogens is 203 g/mol. The number of imidazole rings is 1. The van der Waals surface area contributed by atoms with Gasteiger partial charge in [0.05, 0.1) is 5.69 Å². The van der Waals surface area contributed by atoms with Crippen LogP contribution in [-0.4, -0.2) is 9.97 Å². The van der Waals surface area contributed by atoms with E-state index in [2.05, 4.69) is 9.97 Å². The molecule has 2 rings (SSSR count). The fourth-order valence-electron chi connectivity index (χ4n) is 1.31. The molecule has 1 heterocycles. The molecule has 72 valence electrons. The third-order valence-corrected chi connectivity index (χ3v) is 2.15. The van der Waals surface area contributed by atoms with Crippen LogP contribution in [0.1, 0.15) is 5.69 Å². The van der Waals surface area contributed by atoms with Crippen LogP contribution in [0, 0.1) is 12.7 Å². The highest BCUT2D eigenvalue weighted by Gasteiger charge is 2.07. The van der Waals surface area contributed by atoms with Crippen LogP contribution in [0.3, 0.4) is 0 Å². The highest BCUT2D eigenvalue weighted by molar-refractivity contribution is 6.28. The molecule has 1 N–H and O–H groups in total. The first-order chi connectivity index (χ1) is 6.66. The summed E-state index contributed by atoms with van der Waals surface area (Å²) in [6.45, 7) is 1.87. The Morgan fingerprint density at radius 1 is 1.29 bits per heavy atom. The third kappa shape index (κ3) is 1.63. The highest BCUT2D eigenvalue weighted by Crippen LogP contribution is 2.22. The summed E-state index contributed by atoms with van der Waals surface area (Å²) in [6, 6.07) is 6.15. The first kappa shape index (κ1) is 9.21. The zero-order valence-electron chi connectivity index (χ0n) is 7.51. The van der Waals surface area contributed by atoms with Gasteiger partial charge in [0.15, 0.2) is 0 Å². The quantitative estimate of drug-likeness (QED) is 0.770. The van der Waals surface area contributed by atoms with E-state index in [0.29, 0.717) is 5.28 Å². The molecule has 0 aliphatic carbocycles. The van der Waals surface area contributed by atoms with E-state index < -0.39 is 0 Å². The van der Waals surface area contributed by atoms with Crippen molar-refractivity contribution >= 4 is 11.6 Å². The molecular formula is C10H8ClFN2. The number of aryl methyl sites for hydroxylation is 1. The molecule has 0 aliphatic rings. The van der Waals surface area contributed by atoms with E-state index in [1.165, 1.54) is 12.1 Å². The van der Waals surface area contributed by atoms with E-state index in [1.54, 1.807) is 12.1 Å². The van der Waals surface area contributed by atoms with Crippen LogP contribution in [0.25, 0.3) is 11.3 Å². The number of halogens is 2. The van der Waals surface area contributed by atoms with Crippen molar-refractivity contribution in [2.24, 2.45) is 0 Å². The molecule has 0 amide bonds. The van der Waals surface area contributed by atoms with Crippen LogP contribution in [0.4, 0.5) is 4.39 Å². The molecule has 0 spiro atoms. The van der Waals surface area contributed by atoms with Gasteiger partial charge >= 0.3 is 0 Å². The Labute approximate surface area is 85.8 Å². The number of rotatable bonds is 1. The van der Waals surface area contributed by atoms with E-state index in [0.717, 1.165) is 17.0 Å². The minimum absolute atomic E-state index is 0.256. The second kappa shape index (κ2) is 3.42. The molecule has 0 radical (unpaired) electrons. The summed E-state index contributed by atoms with van der Waals surface area (Å²) in [6.07, 6.45) is 0. The van der Waals surface area contributed by atoms with E-state index in [1.807, 2.05) is 6.92 Å². The van der Waals surface area contributed by atoms with Crippen molar-refractivity contribution in [3.8, 4) is 11.3 Å². The minimum Gasteiger partial charge on any atom is -0.332 e. The standard InChI is InChI=1S/C10H8ClFN2/c1-6-9(14-10(11)13-6)7-2-4-8(12)5-3-7/h2-5H,1H3,(H,13,14). The summed E-state index contributed by atoms with van der Waals surface area (Å²) >= 11 is 5.71. The Morgan fingerprint density at radius 3 is 2.43 bits per heavy atom. The van der Waals surface area contributed by atoms with Gasteiger partial charge in [-0.2, -0.15) is 0 Å². The Morgan fingerprint density at radius 2 is 1.93 bits per heavy atom. The molecule has 0 aliphatic heterocycles. The van der Waals surface area contributed by atoms with E-state index >= 15 is 0 Å². The lowest BCUT2D eigenvalue weighted by Crippen LogP contribution is -1.81. The highest BCUT2D eigenvalue weighted by atomic mass is 35.5. The van der Waals surface area contributed by atoms with Gasteiger partial charge < -0.3 is 4.98 Å². The fraction of sp³-hybridized carbons (Fsp3) is 0.100. The van der Waals surface area contributed by atoms with Gasteiger partial charge in [0.25, 0.3) is 0 Å². The van der Waals surface area contributed by atoms with Crippen molar-refractivity contribution in [1.29, 1.82) is 0 Å². The number of benzene rings is 1. The molecule has 0 unspecified atom stereocenters. The zero-order chi connectivity index (χ0) is 10.1. The van der Waals surface area contributed by atoms with Gasteiger partial charge in [-0.1, -0.05) is 0 Å². The predicted molar refractivity (Wildman–Crippen MR) is 53.7 cm³/mol. The first-order valence-electron chi connectivity index (χ1n) is 4.15. The maximum Gasteiger partial charge on any atom is 0.200 e. The molecule has 2 nitrogen and oxygen atoms in total. The molecule has 14 heavy (non-hydrogen) atoms. The number of nitrogens with zero attached hydrogens (tertiary/aromatic N) is 1. The molecule has 0 bridgehead atoms. The lowest BCUT2D eigenvalue weighted by molar-refractivity contribution is 0.628. The molecule has 0 atom stereocenters. The van der Waals surface area contributed by atoms with Gasteiger partial charge in [-0.15, -0.1) is 0 Å². The van der Waals surface area contributed by atoms with E-state index in [4.69, 9.17) is 11.6 Å². The van der Waals surface area contributed by atoms with Crippen molar-refractivity contribution in [3.05, 3.63) is 41.1 Å². The number of aromatic amines is 1. The monoisotopic (exact) mass is 210 g/mol. The molecule has 1 aromatic heterocycles. The Hall–Kier alpha value is -1.35. The summed E-state index contributed by atoms with van der Waals surface area (Å²) in [5.74, 6) is -0.256. The van der Waals surface area contributed by atoms with Crippen LogP contribution in [0.2, 0.25) is 5.28 Å². The summed E-state index contributed by atoms with van der Waals surface area (Å²) < 4.78 is 12.7. The SMILES string of the molecule is Cc1[nH]c(Cl)nc1-c1ccc(F)cc1. The molecule has 0 saturated heterocycles. The largest absolute Gasteiger partial charge is 0.332 e. The van der Waals surface area contributed by atoms with Gasteiger partial charge in [0.1, 0.15) is 5.82 Å². The van der Waals surface area contributed by atoms with Crippen LogP contribution in [0.15, 0.2) is 24.3 Å². The van der Waals surface area contributed by atoms with Gasteiger partial charge in [0.2, 0.25) is 5.28 Å². The van der Waals surface area contributed by atoms with Gasteiger partial charge in [-0.25, -0.2) is 9.37 Å². The molecule has 1 aromatic carbocycles. The van der Waals surface area contributed by atoms with Gasteiger partial charge in [-0.05, 0) is 42.8 Å². The lowest BCUT2D eigenvalue weighted by atomic mass is 10.1. The van der Waals surface area contributed by atoms with Crippen molar-refractivity contribution in [1.82, 2.24) is 9.97 Å². The average Bonchev–Trinajstić information content (AvgIpc) is 2.47. The summed E-state index contributed by atoms with van der Waals surface area (Å²) in [4.78, 5) is 6.98. The number of aromatic nitrogens is 2. The van der Waals surface area contributed by atoms with Crippen molar-refractivity contribution in [2.45, 2.75) is 6.92 Å². The zero-order valence-corrected chi connectivity index (χ0v) is 8.27. The maximum absolute atomic E-state index is 12.7. The van der Waals surface area contributed by atoms with Crippen LogP contribution < -0.4 is 0 Å². The summed E-state index contributed by atoms with van der Waals surface area (Å²) in [5.41, 5.74) is 2.49. The second-order valence-corrected chi connectivity index (χ2v) is 3.37. The lowest BCUT2D eigenvalue weighted by Gasteiger charge is -1.97. The number of hydrogen-bond acceptors (Lipinski definition) is 1. The molecule has 4 heteroatoms. The maximum atomic E-state index is 12.7. The van der Waals surface area contributed by atoms with E-state index in [9.17, 15) is 4.39 Å². The minimum atomic E-state index is -0.256. The smallest absolute Gasteiger partial charge is 0.200 e. The average molecular weight is 211 g/mol. The third-order valence-electron chi connectivity index (χ3n) is 1.97. The molecule has 0 fully saturated rings. The van der Waals surface area contributed by atoms with E-state index in [-0.39, 0.29) is 5.82 Å². The molecule has 2 aromatic rings. The Kier molecular flexibility index (Phi) is 2.25. The van der Waals surface area contributed by atoms with Gasteiger partial charge in [0, 0.05) is 11.3 Å². The van der Waals surface area contributed by atoms with Crippen molar-refractivity contribution in [3.63, 3.8) is 0 Å². The second-order valence-electron chi connectivity index (χ2n) is 3.01. The van der Waals surface area contributed by atoms with Crippen LogP contribution >= 0.6 is 11.6 Å². The number of H-pyrrole nitrogens is 1. The van der Waals surface area contributed by atoms with Crippen LogP contribution in [0.5, 0.6) is 0 Å². The normalized spacial score (nSPS) is 10.5. The summed E-state index contributed by atoms with van der Waals surface area (Å²) in [5, 5.41) is 0.349. The first-order valence-corrected chi connectivity index (χ1v) is 4.52. The number of hydrogen-bond donors (Lipinski definition) is 1. The van der Waals surface area contributed by atoms with Crippen molar-refractivity contribution < 1.29 is 4.39 Å². The fourth-order valence-corrected chi connectivity index (χ4v) is 1.54. The topological polar surface area (TPSA) is 28.7 Å². The van der Waals surface area contributed by atoms with Crippen molar-refractivity contribution in [2.75, 3.05) is 0 Å². The Bertz CT molecular complexity index is 448. The van der Waals surface area contributed by atoms with Crippen LogP contribution in [-0.2, 0) is 0 Å². The molecule has 0 saturated carbocycles. The van der Waals surface area contributed by atoms with Gasteiger partial charge in [-0.3, -0.25) is 0 Å². The number of nitrogens with one attached hydrogen (secondary N) is 1. The summed E-state index contributed by atoms with van der Waals surface area (Å²) in [7, 11) is 0.